The van der Waals surface area contributed by atoms with Gasteiger partial charge in [0.25, 0.3) is 0 Å². The molecule has 2 aliphatic rings. The summed E-state index contributed by atoms with van der Waals surface area (Å²) in [5, 5.41) is 3.52. The zero-order valence-electron chi connectivity index (χ0n) is 11.3. The van der Waals surface area contributed by atoms with Crippen molar-refractivity contribution in [2.24, 2.45) is 0 Å². The lowest BCUT2D eigenvalue weighted by Gasteiger charge is -2.35. The van der Waals surface area contributed by atoms with Crippen LogP contribution in [0.5, 0.6) is 0 Å². The van der Waals surface area contributed by atoms with Crippen molar-refractivity contribution in [2.45, 2.75) is 32.4 Å². The minimum absolute atomic E-state index is 0.661. The Hall–Kier alpha value is -0.160. The van der Waals surface area contributed by atoms with Gasteiger partial charge in [-0.3, -0.25) is 9.80 Å². The van der Waals surface area contributed by atoms with E-state index in [1.54, 1.807) is 0 Å². The molecule has 0 radical (unpaired) electrons. The van der Waals surface area contributed by atoms with Gasteiger partial charge in [0, 0.05) is 44.8 Å². The Bertz CT molecular complexity index is 207. The fraction of sp³-hybridized carbons (Fsp3) is 1.00. The third-order valence-corrected chi connectivity index (χ3v) is 4.09. The monoisotopic (exact) mass is 241 g/mol. The van der Waals surface area contributed by atoms with Gasteiger partial charge in [-0.1, -0.05) is 0 Å². The Kier molecular flexibility index (Phi) is 5.22. The van der Waals surface area contributed by atoms with Crippen LogP contribution in [0.3, 0.4) is 0 Å². The third-order valence-electron chi connectivity index (χ3n) is 4.09. The summed E-state index contributed by atoms with van der Waals surface area (Å²) in [6.07, 6.45) is 1.27. The van der Waals surface area contributed by atoms with Crippen molar-refractivity contribution in [3.05, 3.63) is 0 Å². The molecule has 2 fully saturated rings. The Morgan fingerprint density at radius 3 is 2.65 bits per heavy atom. The third kappa shape index (κ3) is 3.91. The summed E-state index contributed by atoms with van der Waals surface area (Å²) in [6.45, 7) is 13.4. The van der Waals surface area contributed by atoms with E-state index < -0.39 is 0 Å². The van der Waals surface area contributed by atoms with E-state index in [-0.39, 0.29) is 0 Å². The molecule has 17 heavy (non-hydrogen) atoms. The predicted octanol–water partition coefficient (Wildman–Crippen LogP) is 0.391. The van der Waals surface area contributed by atoms with Crippen LogP contribution in [0.25, 0.3) is 0 Å². The maximum Gasteiger partial charge on any atom is 0.0594 e. The fourth-order valence-corrected chi connectivity index (χ4v) is 2.86. The molecule has 0 aromatic carbocycles. The average Bonchev–Trinajstić information content (AvgIpc) is 2.50. The van der Waals surface area contributed by atoms with E-state index >= 15 is 0 Å². The molecule has 0 bridgehead atoms. The summed E-state index contributed by atoms with van der Waals surface area (Å²) in [7, 11) is 0. The first-order valence-electron chi connectivity index (χ1n) is 7.04. The smallest absolute Gasteiger partial charge is 0.0594 e. The molecule has 100 valence electrons. The van der Waals surface area contributed by atoms with Crippen LogP contribution in [0.1, 0.15) is 20.3 Å². The van der Waals surface area contributed by atoms with Crippen molar-refractivity contribution in [1.82, 2.24) is 15.1 Å². The highest BCUT2D eigenvalue weighted by Gasteiger charge is 2.23. The summed E-state index contributed by atoms with van der Waals surface area (Å²) in [5.41, 5.74) is 0. The second kappa shape index (κ2) is 6.69. The zero-order chi connectivity index (χ0) is 12.1. The summed E-state index contributed by atoms with van der Waals surface area (Å²) in [6, 6.07) is 1.37. The fourth-order valence-electron chi connectivity index (χ4n) is 2.86. The van der Waals surface area contributed by atoms with Crippen LogP contribution in [-0.2, 0) is 4.74 Å². The molecular weight excluding hydrogens is 214 g/mol. The summed E-state index contributed by atoms with van der Waals surface area (Å²) in [5.74, 6) is 0. The van der Waals surface area contributed by atoms with Crippen molar-refractivity contribution >= 4 is 0 Å². The second-order valence-electron chi connectivity index (χ2n) is 5.38. The molecule has 4 heteroatoms. The minimum Gasteiger partial charge on any atom is -0.379 e. The first-order chi connectivity index (χ1) is 8.27. The van der Waals surface area contributed by atoms with Crippen LogP contribution in [0.15, 0.2) is 0 Å². The van der Waals surface area contributed by atoms with E-state index in [0.717, 1.165) is 32.8 Å². The van der Waals surface area contributed by atoms with Crippen molar-refractivity contribution in [3.8, 4) is 0 Å². The minimum atomic E-state index is 0.661. The van der Waals surface area contributed by atoms with Crippen molar-refractivity contribution in [1.29, 1.82) is 0 Å². The molecule has 2 unspecified atom stereocenters. The van der Waals surface area contributed by atoms with Gasteiger partial charge in [0.15, 0.2) is 0 Å². The van der Waals surface area contributed by atoms with Crippen LogP contribution in [-0.4, -0.2) is 74.4 Å². The van der Waals surface area contributed by atoms with Gasteiger partial charge in [-0.25, -0.2) is 0 Å². The van der Waals surface area contributed by atoms with E-state index in [2.05, 4.69) is 29.0 Å². The van der Waals surface area contributed by atoms with Gasteiger partial charge < -0.3 is 10.1 Å². The lowest BCUT2D eigenvalue weighted by molar-refractivity contribution is 0.0286. The SMILES string of the molecule is CC1CCNCC(C)N1CCN1CCOCC1. The molecule has 4 nitrogen and oxygen atoms in total. The highest BCUT2D eigenvalue weighted by Crippen LogP contribution is 2.11. The second-order valence-corrected chi connectivity index (χ2v) is 5.38. The molecule has 0 aromatic rings. The molecule has 0 aromatic heterocycles. The quantitative estimate of drug-likeness (QED) is 0.774. The number of nitrogens with zero attached hydrogens (tertiary/aromatic N) is 2. The number of morpholine rings is 1. The molecule has 2 rings (SSSR count). The molecule has 2 heterocycles. The Balaban J connectivity index is 1.78. The Labute approximate surface area is 105 Å². The normalized spacial score (nSPS) is 33.5. The zero-order valence-corrected chi connectivity index (χ0v) is 11.3. The number of ether oxygens (including phenoxy) is 1. The van der Waals surface area contributed by atoms with Crippen LogP contribution >= 0.6 is 0 Å². The van der Waals surface area contributed by atoms with E-state index in [0.29, 0.717) is 12.1 Å². The van der Waals surface area contributed by atoms with E-state index in [9.17, 15) is 0 Å². The number of nitrogens with one attached hydrogen (secondary N) is 1. The largest absolute Gasteiger partial charge is 0.379 e. The molecule has 2 aliphatic heterocycles. The van der Waals surface area contributed by atoms with Crippen LogP contribution in [0, 0.1) is 0 Å². The lowest BCUT2D eigenvalue weighted by atomic mass is 10.1. The Morgan fingerprint density at radius 2 is 1.88 bits per heavy atom. The molecule has 0 spiro atoms. The first kappa shape index (κ1) is 13.3. The summed E-state index contributed by atoms with van der Waals surface area (Å²) in [4.78, 5) is 5.19. The highest BCUT2D eigenvalue weighted by atomic mass is 16.5. The lowest BCUT2D eigenvalue weighted by Crippen LogP contribution is -2.47. The number of hydrogen-bond acceptors (Lipinski definition) is 4. The number of rotatable bonds is 3. The molecule has 0 saturated carbocycles. The van der Waals surface area contributed by atoms with Gasteiger partial charge in [-0.2, -0.15) is 0 Å². The van der Waals surface area contributed by atoms with E-state index in [1.165, 1.54) is 26.1 Å². The maximum atomic E-state index is 5.39. The van der Waals surface area contributed by atoms with Gasteiger partial charge in [0.05, 0.1) is 13.2 Å². The molecule has 1 N–H and O–H groups in total. The molecular formula is C13H27N3O. The van der Waals surface area contributed by atoms with Gasteiger partial charge in [-0.05, 0) is 26.8 Å². The summed E-state index contributed by atoms with van der Waals surface area (Å²) < 4.78 is 5.39. The Morgan fingerprint density at radius 1 is 1.12 bits per heavy atom. The molecule has 0 aliphatic carbocycles. The standard InChI is InChI=1S/C13H27N3O/c1-12-3-4-14-11-13(2)16(12)6-5-15-7-9-17-10-8-15/h12-14H,3-11H2,1-2H3. The summed E-state index contributed by atoms with van der Waals surface area (Å²) >= 11 is 0. The van der Waals surface area contributed by atoms with Crippen molar-refractivity contribution in [3.63, 3.8) is 0 Å². The predicted molar refractivity (Wildman–Crippen MR) is 70.4 cm³/mol. The van der Waals surface area contributed by atoms with Crippen LogP contribution in [0.2, 0.25) is 0 Å². The van der Waals surface area contributed by atoms with E-state index in [4.69, 9.17) is 4.74 Å². The molecule has 2 saturated heterocycles. The maximum absolute atomic E-state index is 5.39. The molecule has 2 atom stereocenters. The van der Waals surface area contributed by atoms with Crippen LogP contribution < -0.4 is 5.32 Å². The highest BCUT2D eigenvalue weighted by molar-refractivity contribution is 4.80. The molecule has 0 amide bonds. The average molecular weight is 241 g/mol. The number of hydrogen-bond donors (Lipinski definition) is 1. The van der Waals surface area contributed by atoms with E-state index in [1.807, 2.05) is 0 Å². The van der Waals surface area contributed by atoms with Crippen molar-refractivity contribution < 1.29 is 4.74 Å². The van der Waals surface area contributed by atoms with Crippen molar-refractivity contribution in [2.75, 3.05) is 52.5 Å². The van der Waals surface area contributed by atoms with Gasteiger partial charge in [-0.15, -0.1) is 0 Å². The van der Waals surface area contributed by atoms with Gasteiger partial charge in [0.2, 0.25) is 0 Å². The topological polar surface area (TPSA) is 27.7 Å². The van der Waals surface area contributed by atoms with Crippen LogP contribution in [0.4, 0.5) is 0 Å². The van der Waals surface area contributed by atoms with Gasteiger partial charge >= 0.3 is 0 Å². The first-order valence-corrected chi connectivity index (χ1v) is 7.04. The van der Waals surface area contributed by atoms with Gasteiger partial charge in [0.1, 0.15) is 0 Å².